The van der Waals surface area contributed by atoms with E-state index in [4.69, 9.17) is 8.94 Å². The Morgan fingerprint density at radius 3 is 3.10 bits per heavy atom. The lowest BCUT2D eigenvalue weighted by molar-refractivity contribution is 0.0721. The highest BCUT2D eigenvalue weighted by atomic mass is 16.5. The van der Waals surface area contributed by atoms with Gasteiger partial charge >= 0.3 is 0 Å². The normalized spacial score (nSPS) is 18.7. The summed E-state index contributed by atoms with van der Waals surface area (Å²) in [6, 6.07) is -0.138. The highest BCUT2D eigenvalue weighted by Crippen LogP contribution is 2.31. The summed E-state index contributed by atoms with van der Waals surface area (Å²) in [7, 11) is 0. The molecule has 0 unspecified atom stereocenters. The average Bonchev–Trinajstić information content (AvgIpc) is 3.17. The summed E-state index contributed by atoms with van der Waals surface area (Å²) < 4.78 is 10.2. The number of rotatable bonds is 3. The van der Waals surface area contributed by atoms with Gasteiger partial charge in [-0.05, 0) is 12.8 Å². The number of aromatic nitrogens is 3. The van der Waals surface area contributed by atoms with Gasteiger partial charge in [0.15, 0.2) is 17.9 Å². The second-order valence-corrected chi connectivity index (χ2v) is 4.81. The van der Waals surface area contributed by atoms with E-state index in [0.717, 1.165) is 12.8 Å². The summed E-state index contributed by atoms with van der Waals surface area (Å²) in [6.07, 6.45) is 3.71. The van der Waals surface area contributed by atoms with Crippen LogP contribution < -0.4 is 0 Å². The van der Waals surface area contributed by atoms with E-state index >= 15 is 0 Å². The van der Waals surface area contributed by atoms with Crippen LogP contribution in [0.15, 0.2) is 15.3 Å². The van der Waals surface area contributed by atoms with Crippen molar-refractivity contribution in [2.45, 2.75) is 39.2 Å². The molecule has 0 spiro atoms. The summed E-state index contributed by atoms with van der Waals surface area (Å²) in [5.41, 5.74) is 0.389. The molecule has 0 N–H and O–H groups in total. The van der Waals surface area contributed by atoms with Crippen molar-refractivity contribution in [3.8, 4) is 0 Å². The Kier molecular flexibility index (Phi) is 3.25. The van der Waals surface area contributed by atoms with Gasteiger partial charge in [-0.15, -0.1) is 0 Å². The zero-order valence-electron chi connectivity index (χ0n) is 11.5. The molecule has 1 aliphatic rings. The van der Waals surface area contributed by atoms with Gasteiger partial charge in [-0.1, -0.05) is 12.1 Å². The fraction of sp³-hybridized carbons (Fsp3) is 0.538. The van der Waals surface area contributed by atoms with E-state index in [0.29, 0.717) is 36.1 Å². The van der Waals surface area contributed by atoms with Crippen LogP contribution in [0.4, 0.5) is 0 Å². The van der Waals surface area contributed by atoms with Crippen LogP contribution in [0.5, 0.6) is 0 Å². The summed E-state index contributed by atoms with van der Waals surface area (Å²) in [5, 5.41) is 3.93. The standard InChI is InChI=1S/C13H16N4O3/c1-3-10-11(14-7-19-10)13(18)17-6-4-5-9(17)12-15-8(2)20-16-12/h7,9H,3-6H2,1-2H3/t9-/m1/s1. The molecule has 0 saturated carbocycles. The predicted molar refractivity (Wildman–Crippen MR) is 67.9 cm³/mol. The summed E-state index contributed by atoms with van der Waals surface area (Å²) in [4.78, 5) is 22.6. The number of carbonyl (C=O) groups excluding carboxylic acids is 1. The van der Waals surface area contributed by atoms with Crippen molar-refractivity contribution >= 4 is 5.91 Å². The van der Waals surface area contributed by atoms with E-state index in [2.05, 4.69) is 15.1 Å². The zero-order valence-corrected chi connectivity index (χ0v) is 11.5. The Bertz CT molecular complexity index is 619. The quantitative estimate of drug-likeness (QED) is 0.851. The molecule has 3 rings (SSSR count). The minimum absolute atomic E-state index is 0.124. The van der Waals surface area contributed by atoms with Gasteiger partial charge in [-0.3, -0.25) is 4.79 Å². The van der Waals surface area contributed by atoms with Gasteiger partial charge in [0.1, 0.15) is 5.76 Å². The van der Waals surface area contributed by atoms with Gasteiger partial charge in [-0.25, -0.2) is 4.98 Å². The minimum Gasteiger partial charge on any atom is -0.448 e. The largest absolute Gasteiger partial charge is 0.448 e. The molecule has 106 valence electrons. The van der Waals surface area contributed by atoms with Crippen molar-refractivity contribution in [1.82, 2.24) is 20.0 Å². The van der Waals surface area contributed by atoms with E-state index in [9.17, 15) is 4.79 Å². The Hall–Kier alpha value is -2.18. The Morgan fingerprint density at radius 1 is 1.55 bits per heavy atom. The molecule has 0 aliphatic carbocycles. The number of amides is 1. The predicted octanol–water partition coefficient (Wildman–Crippen LogP) is 1.91. The molecule has 3 heterocycles. The number of hydrogen-bond donors (Lipinski definition) is 0. The van der Waals surface area contributed by atoms with Crippen molar-refractivity contribution in [1.29, 1.82) is 0 Å². The third kappa shape index (κ3) is 2.09. The van der Waals surface area contributed by atoms with Crippen molar-refractivity contribution in [3.05, 3.63) is 29.6 Å². The van der Waals surface area contributed by atoms with Gasteiger partial charge < -0.3 is 13.8 Å². The van der Waals surface area contributed by atoms with Crippen molar-refractivity contribution in [2.75, 3.05) is 6.54 Å². The molecule has 1 saturated heterocycles. The third-order valence-electron chi connectivity index (χ3n) is 3.52. The fourth-order valence-electron chi connectivity index (χ4n) is 2.56. The number of carbonyl (C=O) groups is 1. The summed E-state index contributed by atoms with van der Waals surface area (Å²) >= 11 is 0. The first-order valence-corrected chi connectivity index (χ1v) is 6.74. The molecule has 20 heavy (non-hydrogen) atoms. The van der Waals surface area contributed by atoms with Crippen LogP contribution in [0.2, 0.25) is 0 Å². The average molecular weight is 276 g/mol. The topological polar surface area (TPSA) is 85.3 Å². The van der Waals surface area contributed by atoms with E-state index in [1.54, 1.807) is 11.8 Å². The molecule has 1 fully saturated rings. The molecule has 1 aliphatic heterocycles. The van der Waals surface area contributed by atoms with Crippen molar-refractivity contribution in [3.63, 3.8) is 0 Å². The van der Waals surface area contributed by atoms with E-state index in [1.165, 1.54) is 6.39 Å². The van der Waals surface area contributed by atoms with Crippen molar-refractivity contribution in [2.24, 2.45) is 0 Å². The molecule has 0 bridgehead atoms. The second-order valence-electron chi connectivity index (χ2n) is 4.81. The minimum atomic E-state index is -0.138. The van der Waals surface area contributed by atoms with E-state index in [1.807, 2.05) is 6.92 Å². The molecule has 0 radical (unpaired) electrons. The van der Waals surface area contributed by atoms with Crippen LogP contribution in [0.3, 0.4) is 0 Å². The summed E-state index contributed by atoms with van der Waals surface area (Å²) in [6.45, 7) is 4.35. The summed E-state index contributed by atoms with van der Waals surface area (Å²) in [5.74, 6) is 1.57. The first kappa shape index (κ1) is 12.8. The Labute approximate surface area is 116 Å². The highest BCUT2D eigenvalue weighted by molar-refractivity contribution is 5.93. The van der Waals surface area contributed by atoms with Crippen LogP contribution in [0.1, 0.15) is 53.8 Å². The van der Waals surface area contributed by atoms with Crippen molar-refractivity contribution < 1.29 is 13.7 Å². The molecule has 7 heteroatoms. The molecule has 7 nitrogen and oxygen atoms in total. The molecule has 1 amide bonds. The van der Waals surface area contributed by atoms with Gasteiger partial charge in [0, 0.05) is 19.9 Å². The van der Waals surface area contributed by atoms with Crippen LogP contribution in [0.25, 0.3) is 0 Å². The lowest BCUT2D eigenvalue weighted by Gasteiger charge is -2.21. The third-order valence-corrected chi connectivity index (χ3v) is 3.52. The molecule has 2 aromatic heterocycles. The lowest BCUT2D eigenvalue weighted by atomic mass is 10.2. The molecular weight excluding hydrogens is 260 g/mol. The monoisotopic (exact) mass is 276 g/mol. The van der Waals surface area contributed by atoms with Crippen LogP contribution >= 0.6 is 0 Å². The Balaban J connectivity index is 1.87. The first-order chi connectivity index (χ1) is 9.70. The van der Waals surface area contributed by atoms with Crippen LogP contribution in [-0.2, 0) is 6.42 Å². The highest BCUT2D eigenvalue weighted by Gasteiger charge is 2.35. The maximum absolute atomic E-state index is 12.6. The molecule has 0 aromatic carbocycles. The van der Waals surface area contributed by atoms with E-state index < -0.39 is 0 Å². The van der Waals surface area contributed by atoms with Gasteiger partial charge in [0.25, 0.3) is 5.91 Å². The SMILES string of the molecule is CCc1ocnc1C(=O)N1CCC[C@@H]1c1noc(C)n1. The number of aryl methyl sites for hydroxylation is 2. The molecular formula is C13H16N4O3. The second kappa shape index (κ2) is 5.07. The number of hydrogen-bond acceptors (Lipinski definition) is 6. The van der Waals surface area contributed by atoms with Gasteiger partial charge in [0.05, 0.1) is 6.04 Å². The van der Waals surface area contributed by atoms with Gasteiger partial charge in [-0.2, -0.15) is 4.98 Å². The van der Waals surface area contributed by atoms with Crippen LogP contribution in [0, 0.1) is 6.92 Å². The van der Waals surface area contributed by atoms with Crippen LogP contribution in [-0.4, -0.2) is 32.5 Å². The zero-order chi connectivity index (χ0) is 14.1. The Morgan fingerprint density at radius 2 is 2.40 bits per heavy atom. The maximum atomic E-state index is 12.6. The smallest absolute Gasteiger partial charge is 0.276 e. The first-order valence-electron chi connectivity index (χ1n) is 6.74. The van der Waals surface area contributed by atoms with E-state index in [-0.39, 0.29) is 11.9 Å². The number of likely N-dealkylation sites (tertiary alicyclic amines) is 1. The van der Waals surface area contributed by atoms with Gasteiger partial charge in [0.2, 0.25) is 5.89 Å². The molecule has 1 atom stereocenters. The number of oxazole rings is 1. The maximum Gasteiger partial charge on any atom is 0.276 e. The lowest BCUT2D eigenvalue weighted by Crippen LogP contribution is -2.32. The fourth-order valence-corrected chi connectivity index (χ4v) is 2.56. The molecule has 2 aromatic rings. The number of nitrogens with zero attached hydrogens (tertiary/aromatic N) is 4.